The second kappa shape index (κ2) is 7.51. The molecule has 0 atom stereocenters. The highest BCUT2D eigenvalue weighted by atomic mass is 35.5. The number of likely N-dealkylation sites (tertiary alicyclic amines) is 1. The lowest BCUT2D eigenvalue weighted by Gasteiger charge is -2.31. The number of anilines is 1. The summed E-state index contributed by atoms with van der Waals surface area (Å²) in [4.78, 5) is 24.3. The van der Waals surface area contributed by atoms with Gasteiger partial charge in [0.05, 0.1) is 12.8 Å². The van der Waals surface area contributed by atoms with Crippen LogP contribution in [0.3, 0.4) is 0 Å². The first kappa shape index (κ1) is 19.4. The molecule has 0 aliphatic carbocycles. The number of benzene rings is 1. The number of hydrogen-bond donors (Lipinski definition) is 1. The highest BCUT2D eigenvalue weighted by Crippen LogP contribution is 2.32. The second-order valence-corrected chi connectivity index (χ2v) is 6.26. The molecule has 1 saturated heterocycles. The smallest absolute Gasteiger partial charge is 0.471 e. The lowest BCUT2D eigenvalue weighted by molar-refractivity contribution is -0.186. The SMILES string of the molecule is COc1cc(Cl)c(C)cc1NC(=O)C1CCN(C(=O)C(F)(F)F)CC1. The van der Waals surface area contributed by atoms with Crippen LogP contribution in [-0.4, -0.2) is 43.1 Å². The van der Waals surface area contributed by atoms with Crippen molar-refractivity contribution in [2.75, 3.05) is 25.5 Å². The van der Waals surface area contributed by atoms with Crippen LogP contribution < -0.4 is 10.1 Å². The summed E-state index contributed by atoms with van der Waals surface area (Å²) in [6.45, 7) is 1.57. The van der Waals surface area contributed by atoms with Crippen molar-refractivity contribution < 1.29 is 27.5 Å². The van der Waals surface area contributed by atoms with E-state index in [1.807, 2.05) is 0 Å². The number of ether oxygens (including phenoxy) is 1. The molecule has 9 heteroatoms. The van der Waals surface area contributed by atoms with Crippen LogP contribution >= 0.6 is 11.6 Å². The predicted molar refractivity (Wildman–Crippen MR) is 86.7 cm³/mol. The van der Waals surface area contributed by atoms with Gasteiger partial charge in [0.2, 0.25) is 5.91 Å². The number of hydrogen-bond acceptors (Lipinski definition) is 3. The molecular weight excluding hydrogens is 361 g/mol. The molecule has 5 nitrogen and oxygen atoms in total. The summed E-state index contributed by atoms with van der Waals surface area (Å²) in [7, 11) is 1.44. The van der Waals surface area contributed by atoms with Gasteiger partial charge in [0.25, 0.3) is 0 Å². The fourth-order valence-corrected chi connectivity index (χ4v) is 2.84. The largest absolute Gasteiger partial charge is 0.495 e. The molecule has 0 bridgehead atoms. The number of amides is 2. The summed E-state index contributed by atoms with van der Waals surface area (Å²) in [5.41, 5.74) is 1.20. The van der Waals surface area contributed by atoms with E-state index in [4.69, 9.17) is 16.3 Å². The zero-order chi connectivity index (χ0) is 18.8. The Bertz CT molecular complexity index is 671. The molecule has 2 amide bonds. The van der Waals surface area contributed by atoms with E-state index in [2.05, 4.69) is 5.32 Å². The molecule has 1 heterocycles. The first-order valence-corrected chi connectivity index (χ1v) is 8.02. The summed E-state index contributed by atoms with van der Waals surface area (Å²) in [5, 5.41) is 3.22. The lowest BCUT2D eigenvalue weighted by atomic mass is 9.95. The Hall–Kier alpha value is -1.96. The zero-order valence-corrected chi connectivity index (χ0v) is 14.5. The van der Waals surface area contributed by atoms with Crippen LogP contribution in [0.1, 0.15) is 18.4 Å². The number of aryl methyl sites for hydroxylation is 1. The molecule has 0 radical (unpaired) electrons. The molecule has 1 aromatic carbocycles. The minimum Gasteiger partial charge on any atom is -0.495 e. The molecule has 1 N–H and O–H groups in total. The average Bonchev–Trinajstić information content (AvgIpc) is 2.56. The number of nitrogens with zero attached hydrogens (tertiary/aromatic N) is 1. The van der Waals surface area contributed by atoms with E-state index in [0.29, 0.717) is 16.5 Å². The van der Waals surface area contributed by atoms with Crippen LogP contribution in [0, 0.1) is 12.8 Å². The van der Waals surface area contributed by atoms with Gasteiger partial charge in [-0.05, 0) is 31.4 Å². The molecule has 1 aliphatic rings. The van der Waals surface area contributed by atoms with E-state index < -0.39 is 18.0 Å². The molecule has 0 spiro atoms. The van der Waals surface area contributed by atoms with Gasteiger partial charge in [0, 0.05) is 30.1 Å². The van der Waals surface area contributed by atoms with Crippen LogP contribution in [0.4, 0.5) is 18.9 Å². The third kappa shape index (κ3) is 4.56. The Labute approximate surface area is 148 Å². The van der Waals surface area contributed by atoms with Gasteiger partial charge in [0.1, 0.15) is 5.75 Å². The quantitative estimate of drug-likeness (QED) is 0.877. The minimum absolute atomic E-state index is 0.104. The minimum atomic E-state index is -4.89. The van der Waals surface area contributed by atoms with Crippen molar-refractivity contribution in [3.8, 4) is 5.75 Å². The fourth-order valence-electron chi connectivity index (χ4n) is 2.69. The van der Waals surface area contributed by atoms with Crippen LogP contribution in [0.15, 0.2) is 12.1 Å². The van der Waals surface area contributed by atoms with Gasteiger partial charge >= 0.3 is 12.1 Å². The lowest BCUT2D eigenvalue weighted by Crippen LogP contribution is -2.46. The first-order chi connectivity index (χ1) is 11.6. The Morgan fingerprint density at radius 3 is 2.40 bits per heavy atom. The van der Waals surface area contributed by atoms with Crippen molar-refractivity contribution in [2.45, 2.75) is 25.9 Å². The van der Waals surface area contributed by atoms with Gasteiger partial charge in [0.15, 0.2) is 0 Å². The number of nitrogens with one attached hydrogen (secondary N) is 1. The molecule has 0 saturated carbocycles. The molecule has 1 fully saturated rings. The van der Waals surface area contributed by atoms with Crippen molar-refractivity contribution in [3.05, 3.63) is 22.7 Å². The average molecular weight is 379 g/mol. The Balaban J connectivity index is 2.00. The molecular formula is C16H18ClF3N2O3. The predicted octanol–water partition coefficient (Wildman–Crippen LogP) is 3.40. The van der Waals surface area contributed by atoms with Crippen LogP contribution in [0.25, 0.3) is 0 Å². The molecule has 0 aromatic heterocycles. The van der Waals surface area contributed by atoms with Crippen LogP contribution in [0.2, 0.25) is 5.02 Å². The van der Waals surface area contributed by atoms with E-state index >= 15 is 0 Å². The van der Waals surface area contributed by atoms with Gasteiger partial charge in [-0.1, -0.05) is 11.6 Å². The van der Waals surface area contributed by atoms with Crippen LogP contribution in [-0.2, 0) is 9.59 Å². The molecule has 1 aliphatic heterocycles. The third-order valence-electron chi connectivity index (χ3n) is 4.13. The summed E-state index contributed by atoms with van der Waals surface area (Å²) in [6.07, 6.45) is -4.55. The van der Waals surface area contributed by atoms with Crippen molar-refractivity contribution in [1.29, 1.82) is 0 Å². The fraction of sp³-hybridized carbons (Fsp3) is 0.500. The maximum atomic E-state index is 12.4. The van der Waals surface area contributed by atoms with E-state index in [1.54, 1.807) is 19.1 Å². The topological polar surface area (TPSA) is 58.6 Å². The summed E-state index contributed by atoms with van der Waals surface area (Å²) in [5.74, 6) is -2.26. The van der Waals surface area contributed by atoms with E-state index in [0.717, 1.165) is 10.5 Å². The summed E-state index contributed by atoms with van der Waals surface area (Å²) < 4.78 is 42.5. The van der Waals surface area contributed by atoms with Crippen molar-refractivity contribution in [3.63, 3.8) is 0 Å². The molecule has 138 valence electrons. The van der Waals surface area contributed by atoms with Gasteiger partial charge in [-0.25, -0.2) is 0 Å². The van der Waals surface area contributed by atoms with E-state index in [9.17, 15) is 22.8 Å². The number of methoxy groups -OCH3 is 1. The Morgan fingerprint density at radius 2 is 1.88 bits per heavy atom. The standard InChI is InChI=1S/C16H18ClF3N2O3/c1-9-7-12(13(25-2)8-11(9)17)21-14(23)10-3-5-22(6-4-10)15(24)16(18,19)20/h7-8,10H,3-6H2,1-2H3,(H,21,23). The number of carbonyl (C=O) groups excluding carboxylic acids is 2. The highest BCUT2D eigenvalue weighted by molar-refractivity contribution is 6.31. The molecule has 1 aromatic rings. The maximum Gasteiger partial charge on any atom is 0.471 e. The molecule has 0 unspecified atom stereocenters. The van der Waals surface area contributed by atoms with E-state index in [-0.39, 0.29) is 31.8 Å². The highest BCUT2D eigenvalue weighted by Gasteiger charge is 2.43. The van der Waals surface area contributed by atoms with Crippen molar-refractivity contribution >= 4 is 29.1 Å². The first-order valence-electron chi connectivity index (χ1n) is 7.64. The summed E-state index contributed by atoms with van der Waals surface area (Å²) >= 11 is 6.01. The Kier molecular flexibility index (Phi) is 5.82. The monoisotopic (exact) mass is 378 g/mol. The van der Waals surface area contributed by atoms with Gasteiger partial charge in [-0.3, -0.25) is 9.59 Å². The number of alkyl halides is 3. The zero-order valence-electron chi connectivity index (χ0n) is 13.7. The number of halogens is 4. The second-order valence-electron chi connectivity index (χ2n) is 5.86. The number of carbonyl (C=O) groups is 2. The van der Waals surface area contributed by atoms with Crippen molar-refractivity contribution in [1.82, 2.24) is 4.90 Å². The number of piperidine rings is 1. The third-order valence-corrected chi connectivity index (χ3v) is 4.54. The van der Waals surface area contributed by atoms with E-state index in [1.165, 1.54) is 7.11 Å². The van der Waals surface area contributed by atoms with Crippen LogP contribution in [0.5, 0.6) is 5.75 Å². The van der Waals surface area contributed by atoms with Gasteiger partial charge in [-0.2, -0.15) is 13.2 Å². The van der Waals surface area contributed by atoms with Gasteiger partial charge in [-0.15, -0.1) is 0 Å². The van der Waals surface area contributed by atoms with Gasteiger partial charge < -0.3 is 15.0 Å². The maximum absolute atomic E-state index is 12.4. The molecule has 2 rings (SSSR count). The Morgan fingerprint density at radius 1 is 1.28 bits per heavy atom. The normalized spacial score (nSPS) is 15.8. The van der Waals surface area contributed by atoms with Crippen molar-refractivity contribution in [2.24, 2.45) is 5.92 Å². The summed E-state index contributed by atoms with van der Waals surface area (Å²) in [6, 6.07) is 3.25. The molecule has 25 heavy (non-hydrogen) atoms. The number of rotatable bonds is 3.